The molecule has 0 unspecified atom stereocenters. The van der Waals surface area contributed by atoms with E-state index < -0.39 is 17.2 Å². The van der Waals surface area contributed by atoms with Crippen LogP contribution in [0, 0.1) is 0 Å². The van der Waals surface area contributed by atoms with Crippen LogP contribution in [0.2, 0.25) is 0 Å². The van der Waals surface area contributed by atoms with Crippen LogP contribution in [0.4, 0.5) is 5.95 Å². The predicted octanol–water partition coefficient (Wildman–Crippen LogP) is -0.846. The zero-order chi connectivity index (χ0) is 18.3. The van der Waals surface area contributed by atoms with E-state index in [4.69, 9.17) is 5.73 Å². The molecule has 25 heavy (non-hydrogen) atoms. The van der Waals surface area contributed by atoms with Crippen molar-refractivity contribution in [2.45, 2.75) is 26.9 Å². The van der Waals surface area contributed by atoms with Crippen molar-refractivity contribution in [3.05, 3.63) is 33.0 Å². The van der Waals surface area contributed by atoms with E-state index in [9.17, 15) is 14.4 Å². The molecule has 0 aliphatic carbocycles. The number of carbonyl (C=O) groups is 1. The maximum absolute atomic E-state index is 12.9. The van der Waals surface area contributed by atoms with Crippen LogP contribution in [-0.4, -0.2) is 36.8 Å². The van der Waals surface area contributed by atoms with Crippen molar-refractivity contribution in [3.8, 4) is 0 Å². The van der Waals surface area contributed by atoms with Crippen molar-refractivity contribution in [1.29, 1.82) is 0 Å². The molecule has 1 aliphatic rings. The molecule has 10 heteroatoms. The first kappa shape index (κ1) is 16.7. The number of rotatable bonds is 4. The summed E-state index contributed by atoms with van der Waals surface area (Å²) in [7, 11) is 1.56. The van der Waals surface area contributed by atoms with Crippen LogP contribution in [0.25, 0.3) is 11.2 Å². The summed E-state index contributed by atoms with van der Waals surface area (Å²) in [6.07, 6.45) is 3.50. The van der Waals surface area contributed by atoms with Crippen LogP contribution < -0.4 is 22.0 Å². The van der Waals surface area contributed by atoms with Gasteiger partial charge < -0.3 is 5.73 Å². The number of hydrogen-bond donors (Lipinski definition) is 1. The van der Waals surface area contributed by atoms with Crippen molar-refractivity contribution in [1.82, 2.24) is 18.7 Å². The Labute approximate surface area is 142 Å². The molecule has 0 aromatic carbocycles. The number of amides is 1. The number of aryl methyl sites for hydroxylation is 1. The van der Waals surface area contributed by atoms with E-state index in [0.29, 0.717) is 23.7 Å². The molecule has 0 bridgehead atoms. The van der Waals surface area contributed by atoms with Crippen molar-refractivity contribution in [2.75, 3.05) is 11.6 Å². The van der Waals surface area contributed by atoms with Gasteiger partial charge in [-0.2, -0.15) is 10.1 Å². The van der Waals surface area contributed by atoms with Gasteiger partial charge in [-0.15, -0.1) is 0 Å². The maximum Gasteiger partial charge on any atom is 0.332 e. The molecule has 1 amide bonds. The van der Waals surface area contributed by atoms with Crippen molar-refractivity contribution in [3.63, 3.8) is 0 Å². The molecule has 0 spiro atoms. The Hall–Kier alpha value is -3.17. The average molecular weight is 345 g/mol. The highest BCUT2D eigenvalue weighted by atomic mass is 16.2. The molecule has 10 nitrogen and oxygen atoms in total. The number of primary amides is 1. The number of nitrogens with two attached hydrogens (primary N) is 1. The number of nitrogens with zero attached hydrogens (tertiary/aromatic N) is 6. The second kappa shape index (κ2) is 6.04. The maximum atomic E-state index is 12.9. The van der Waals surface area contributed by atoms with E-state index in [0.717, 1.165) is 4.57 Å². The Balaban J connectivity index is 2.32. The van der Waals surface area contributed by atoms with E-state index in [1.165, 1.54) is 9.58 Å². The quantitative estimate of drug-likeness (QED) is 0.724. The van der Waals surface area contributed by atoms with Crippen LogP contribution in [-0.2, 0) is 24.9 Å². The van der Waals surface area contributed by atoms with Gasteiger partial charge in [0.2, 0.25) is 11.9 Å². The fraction of sp³-hybridized carbons (Fsp3) is 0.400. The van der Waals surface area contributed by atoms with Gasteiger partial charge >= 0.3 is 5.69 Å². The van der Waals surface area contributed by atoms with E-state index in [1.807, 2.05) is 6.92 Å². The van der Waals surface area contributed by atoms with Crippen LogP contribution in [0.3, 0.4) is 0 Å². The molecule has 0 fully saturated rings. The molecule has 2 N–H and O–H groups in total. The van der Waals surface area contributed by atoms with Crippen LogP contribution in [0.15, 0.2) is 26.8 Å². The van der Waals surface area contributed by atoms with E-state index in [-0.39, 0.29) is 18.7 Å². The lowest BCUT2D eigenvalue weighted by molar-refractivity contribution is -0.116. The normalized spacial score (nSPS) is 14.2. The number of imidazole rings is 1. The first-order valence-electron chi connectivity index (χ1n) is 7.76. The number of anilines is 1. The Morgan fingerprint density at radius 3 is 2.72 bits per heavy atom. The molecule has 132 valence electrons. The predicted molar refractivity (Wildman–Crippen MR) is 93.7 cm³/mol. The summed E-state index contributed by atoms with van der Waals surface area (Å²) in [4.78, 5) is 41.0. The minimum absolute atomic E-state index is 0.165. The van der Waals surface area contributed by atoms with Gasteiger partial charge in [0.1, 0.15) is 6.54 Å². The van der Waals surface area contributed by atoms with Crippen LogP contribution in [0.1, 0.15) is 13.8 Å². The van der Waals surface area contributed by atoms with E-state index in [1.54, 1.807) is 30.7 Å². The van der Waals surface area contributed by atoms with Crippen LogP contribution >= 0.6 is 0 Å². The van der Waals surface area contributed by atoms with Crippen molar-refractivity contribution in [2.24, 2.45) is 17.9 Å². The number of hydrazone groups is 1. The molecular weight excluding hydrogens is 326 g/mol. The average Bonchev–Trinajstić information content (AvgIpc) is 2.92. The molecule has 1 aliphatic heterocycles. The van der Waals surface area contributed by atoms with Gasteiger partial charge in [-0.1, -0.05) is 12.2 Å². The molecule has 3 rings (SSSR count). The molecular formula is C15H19N7O3. The van der Waals surface area contributed by atoms with Gasteiger partial charge in [0.25, 0.3) is 5.56 Å². The van der Waals surface area contributed by atoms with Crippen LogP contribution in [0.5, 0.6) is 0 Å². The summed E-state index contributed by atoms with van der Waals surface area (Å²) >= 11 is 0. The first-order chi connectivity index (χ1) is 11.8. The summed E-state index contributed by atoms with van der Waals surface area (Å²) in [6, 6.07) is 0. The monoisotopic (exact) mass is 345 g/mol. The number of fused-ring (bicyclic) bond motifs is 3. The smallest absolute Gasteiger partial charge is 0.332 e. The molecule has 0 radical (unpaired) electrons. The highest BCUT2D eigenvalue weighted by molar-refractivity contribution is 5.89. The zero-order valence-electron chi connectivity index (χ0n) is 14.3. The minimum Gasteiger partial charge on any atom is -0.368 e. The lowest BCUT2D eigenvalue weighted by atomic mass is 10.3. The standard InChI is InChI=1S/C15H19N7O3/c1-4-5-6-20-13(24)11-12(19(3)15(20)25)17-14-21(11)7-9(2)18-22(14)8-10(16)23/h4-5H,6-8H2,1-3H3,(H2,16,23). The van der Waals surface area contributed by atoms with E-state index in [2.05, 4.69) is 10.1 Å². The topological polar surface area (TPSA) is 121 Å². The highest BCUT2D eigenvalue weighted by Crippen LogP contribution is 2.23. The fourth-order valence-electron chi connectivity index (χ4n) is 2.84. The van der Waals surface area contributed by atoms with Crippen molar-refractivity contribution < 1.29 is 4.79 Å². The Morgan fingerprint density at radius 1 is 1.36 bits per heavy atom. The van der Waals surface area contributed by atoms with E-state index >= 15 is 0 Å². The summed E-state index contributed by atoms with van der Waals surface area (Å²) in [5.74, 6) is -0.258. The fourth-order valence-corrected chi connectivity index (χ4v) is 2.84. The number of allylic oxidation sites excluding steroid dienone is 2. The molecule has 2 aromatic rings. The minimum atomic E-state index is -0.573. The number of carbonyl (C=O) groups excluding carboxylic acids is 1. The number of hydrogen-bond acceptors (Lipinski definition) is 6. The second-order valence-electron chi connectivity index (χ2n) is 5.86. The summed E-state index contributed by atoms with van der Waals surface area (Å²) in [6.45, 7) is 3.95. The lowest BCUT2D eigenvalue weighted by Gasteiger charge is -2.23. The van der Waals surface area contributed by atoms with Gasteiger partial charge in [-0.3, -0.25) is 23.3 Å². The first-order valence-corrected chi connectivity index (χ1v) is 7.76. The molecule has 0 saturated carbocycles. The summed E-state index contributed by atoms with van der Waals surface area (Å²) < 4.78 is 4.13. The second-order valence-corrected chi connectivity index (χ2v) is 5.86. The zero-order valence-corrected chi connectivity index (χ0v) is 14.3. The molecule has 3 heterocycles. The molecule has 0 atom stereocenters. The molecule has 0 saturated heterocycles. The SMILES string of the molecule is CC=CCn1c(=O)c2c(nc3n2CC(C)=NN3CC(N)=O)n(C)c1=O. The Kier molecular flexibility index (Phi) is 4.03. The third-order valence-corrected chi connectivity index (χ3v) is 3.95. The Morgan fingerprint density at radius 2 is 2.08 bits per heavy atom. The van der Waals surface area contributed by atoms with Gasteiger partial charge in [-0.05, 0) is 13.8 Å². The van der Waals surface area contributed by atoms with Gasteiger partial charge in [0.05, 0.1) is 12.3 Å². The summed E-state index contributed by atoms with van der Waals surface area (Å²) in [5, 5.41) is 5.62. The third kappa shape index (κ3) is 2.65. The van der Waals surface area contributed by atoms with Crippen molar-refractivity contribution >= 4 is 28.7 Å². The molecule has 2 aromatic heterocycles. The van der Waals surface area contributed by atoms with Gasteiger partial charge in [0, 0.05) is 13.6 Å². The summed E-state index contributed by atoms with van der Waals surface area (Å²) in [5.41, 5.74) is 5.63. The highest BCUT2D eigenvalue weighted by Gasteiger charge is 2.27. The lowest BCUT2D eigenvalue weighted by Crippen LogP contribution is -2.40. The largest absolute Gasteiger partial charge is 0.368 e. The van der Waals surface area contributed by atoms with Gasteiger partial charge in [0.15, 0.2) is 11.2 Å². The number of aromatic nitrogens is 4. The third-order valence-electron chi connectivity index (χ3n) is 3.95. The van der Waals surface area contributed by atoms with Gasteiger partial charge in [-0.25, -0.2) is 9.80 Å². The Bertz CT molecular complexity index is 1040.